The van der Waals surface area contributed by atoms with Crippen LogP contribution < -0.4 is 14.8 Å². The molecule has 23 heavy (non-hydrogen) atoms. The van der Waals surface area contributed by atoms with Gasteiger partial charge < -0.3 is 14.8 Å². The van der Waals surface area contributed by atoms with Gasteiger partial charge >= 0.3 is 0 Å². The fourth-order valence-electron chi connectivity index (χ4n) is 2.20. The SMILES string of the molecule is COc1ccc(C(C)NC(=O)/C=C/c2ccccc2)cc1OC. The number of amides is 1. The third-order valence-corrected chi connectivity index (χ3v) is 3.49. The Morgan fingerprint density at radius 1 is 1.04 bits per heavy atom. The van der Waals surface area contributed by atoms with Crippen molar-refractivity contribution in [1.82, 2.24) is 5.32 Å². The zero-order chi connectivity index (χ0) is 16.7. The summed E-state index contributed by atoms with van der Waals surface area (Å²) in [5.41, 5.74) is 1.94. The van der Waals surface area contributed by atoms with Gasteiger partial charge in [0.1, 0.15) is 0 Å². The van der Waals surface area contributed by atoms with Gasteiger partial charge in [0.2, 0.25) is 5.91 Å². The van der Waals surface area contributed by atoms with E-state index in [1.165, 1.54) is 6.08 Å². The van der Waals surface area contributed by atoms with E-state index in [1.54, 1.807) is 20.3 Å². The number of hydrogen-bond acceptors (Lipinski definition) is 3. The van der Waals surface area contributed by atoms with Gasteiger partial charge in [-0.05, 0) is 36.3 Å². The number of hydrogen-bond donors (Lipinski definition) is 1. The maximum Gasteiger partial charge on any atom is 0.244 e. The van der Waals surface area contributed by atoms with Gasteiger partial charge in [-0.25, -0.2) is 0 Å². The van der Waals surface area contributed by atoms with Crippen LogP contribution in [0.4, 0.5) is 0 Å². The van der Waals surface area contributed by atoms with Crippen LogP contribution in [-0.2, 0) is 4.79 Å². The lowest BCUT2D eigenvalue weighted by molar-refractivity contribution is -0.117. The van der Waals surface area contributed by atoms with Gasteiger partial charge in [-0.15, -0.1) is 0 Å². The minimum atomic E-state index is -0.142. The topological polar surface area (TPSA) is 47.6 Å². The molecule has 0 spiro atoms. The number of methoxy groups -OCH3 is 2. The molecule has 2 aromatic rings. The average molecular weight is 311 g/mol. The Balaban J connectivity index is 2.02. The summed E-state index contributed by atoms with van der Waals surface area (Å²) >= 11 is 0. The Labute approximate surface area is 136 Å². The highest BCUT2D eigenvalue weighted by atomic mass is 16.5. The third-order valence-electron chi connectivity index (χ3n) is 3.49. The van der Waals surface area contributed by atoms with Gasteiger partial charge in [0, 0.05) is 6.08 Å². The van der Waals surface area contributed by atoms with Crippen molar-refractivity contribution in [3.8, 4) is 11.5 Å². The molecule has 1 unspecified atom stereocenters. The minimum absolute atomic E-state index is 0.136. The summed E-state index contributed by atoms with van der Waals surface area (Å²) in [7, 11) is 3.19. The summed E-state index contributed by atoms with van der Waals surface area (Å²) in [5.74, 6) is 1.17. The molecule has 0 aliphatic heterocycles. The summed E-state index contributed by atoms with van der Waals surface area (Å²) in [4.78, 5) is 12.0. The molecule has 0 aromatic heterocycles. The molecular weight excluding hydrogens is 290 g/mol. The van der Waals surface area contributed by atoms with Crippen LogP contribution in [0, 0.1) is 0 Å². The van der Waals surface area contributed by atoms with Crippen LogP contribution in [0.25, 0.3) is 6.08 Å². The van der Waals surface area contributed by atoms with Crippen molar-refractivity contribution in [3.63, 3.8) is 0 Å². The molecule has 0 radical (unpaired) electrons. The number of nitrogens with one attached hydrogen (secondary N) is 1. The number of benzene rings is 2. The Kier molecular flexibility index (Phi) is 5.80. The smallest absolute Gasteiger partial charge is 0.244 e. The second kappa shape index (κ2) is 8.03. The second-order valence-corrected chi connectivity index (χ2v) is 5.09. The maximum absolute atomic E-state index is 12.0. The summed E-state index contributed by atoms with van der Waals surface area (Å²) in [6.45, 7) is 1.93. The molecule has 0 bridgehead atoms. The molecule has 0 saturated carbocycles. The number of carbonyl (C=O) groups is 1. The zero-order valence-corrected chi connectivity index (χ0v) is 13.6. The van der Waals surface area contributed by atoms with Crippen LogP contribution >= 0.6 is 0 Å². The summed E-state index contributed by atoms with van der Waals surface area (Å²) in [5, 5.41) is 2.93. The van der Waals surface area contributed by atoms with Gasteiger partial charge in [-0.2, -0.15) is 0 Å². The Hall–Kier alpha value is -2.75. The van der Waals surface area contributed by atoms with Crippen molar-refractivity contribution >= 4 is 12.0 Å². The van der Waals surface area contributed by atoms with E-state index in [2.05, 4.69) is 5.32 Å². The standard InChI is InChI=1S/C19H21NO3/c1-14(16-10-11-17(22-2)18(13-16)23-3)20-19(21)12-9-15-7-5-4-6-8-15/h4-14H,1-3H3,(H,20,21)/b12-9+. The molecule has 1 atom stereocenters. The highest BCUT2D eigenvalue weighted by Crippen LogP contribution is 2.29. The minimum Gasteiger partial charge on any atom is -0.493 e. The lowest BCUT2D eigenvalue weighted by Crippen LogP contribution is -2.24. The van der Waals surface area contributed by atoms with E-state index in [0.29, 0.717) is 11.5 Å². The van der Waals surface area contributed by atoms with E-state index in [0.717, 1.165) is 11.1 Å². The van der Waals surface area contributed by atoms with Crippen molar-refractivity contribution in [3.05, 3.63) is 65.7 Å². The van der Waals surface area contributed by atoms with Gasteiger partial charge in [0.05, 0.1) is 20.3 Å². The molecule has 2 rings (SSSR count). The maximum atomic E-state index is 12.0. The monoisotopic (exact) mass is 311 g/mol. The van der Waals surface area contributed by atoms with E-state index in [-0.39, 0.29) is 11.9 Å². The first-order valence-electron chi connectivity index (χ1n) is 7.39. The van der Waals surface area contributed by atoms with Crippen LogP contribution in [-0.4, -0.2) is 20.1 Å². The molecule has 0 saturated heterocycles. The van der Waals surface area contributed by atoms with E-state index in [1.807, 2.05) is 55.5 Å². The van der Waals surface area contributed by atoms with Crippen molar-refractivity contribution < 1.29 is 14.3 Å². The Bertz CT molecular complexity index is 680. The highest BCUT2D eigenvalue weighted by Gasteiger charge is 2.11. The summed E-state index contributed by atoms with van der Waals surface area (Å²) in [6.07, 6.45) is 3.32. The van der Waals surface area contributed by atoms with Crippen molar-refractivity contribution in [2.75, 3.05) is 14.2 Å². The molecule has 1 N–H and O–H groups in total. The first-order valence-corrected chi connectivity index (χ1v) is 7.39. The summed E-state index contributed by atoms with van der Waals surface area (Å²) < 4.78 is 10.5. The normalized spacial score (nSPS) is 12.0. The summed E-state index contributed by atoms with van der Waals surface area (Å²) in [6, 6.07) is 15.2. The number of carbonyl (C=O) groups excluding carboxylic acids is 1. The van der Waals surface area contributed by atoms with E-state index >= 15 is 0 Å². The first-order chi connectivity index (χ1) is 11.1. The Morgan fingerprint density at radius 3 is 2.39 bits per heavy atom. The molecule has 2 aromatic carbocycles. The second-order valence-electron chi connectivity index (χ2n) is 5.09. The zero-order valence-electron chi connectivity index (χ0n) is 13.6. The fourth-order valence-corrected chi connectivity index (χ4v) is 2.20. The van der Waals surface area contributed by atoms with E-state index in [4.69, 9.17) is 9.47 Å². The van der Waals surface area contributed by atoms with E-state index < -0.39 is 0 Å². The predicted molar refractivity (Wildman–Crippen MR) is 91.6 cm³/mol. The van der Waals surface area contributed by atoms with Crippen LogP contribution in [0.15, 0.2) is 54.6 Å². The van der Waals surface area contributed by atoms with Crippen LogP contribution in [0.3, 0.4) is 0 Å². The van der Waals surface area contributed by atoms with Crippen LogP contribution in [0.2, 0.25) is 0 Å². The van der Waals surface area contributed by atoms with Gasteiger partial charge in [0.15, 0.2) is 11.5 Å². The van der Waals surface area contributed by atoms with Gasteiger partial charge in [-0.1, -0.05) is 36.4 Å². The van der Waals surface area contributed by atoms with E-state index in [9.17, 15) is 4.79 Å². The van der Waals surface area contributed by atoms with Crippen molar-refractivity contribution in [1.29, 1.82) is 0 Å². The first kappa shape index (κ1) is 16.6. The third kappa shape index (κ3) is 4.61. The molecule has 0 aliphatic rings. The molecule has 0 fully saturated rings. The highest BCUT2D eigenvalue weighted by molar-refractivity contribution is 5.91. The average Bonchev–Trinajstić information content (AvgIpc) is 2.60. The van der Waals surface area contributed by atoms with Gasteiger partial charge in [-0.3, -0.25) is 4.79 Å². The molecule has 4 heteroatoms. The van der Waals surface area contributed by atoms with Crippen molar-refractivity contribution in [2.24, 2.45) is 0 Å². The molecule has 0 heterocycles. The number of rotatable bonds is 6. The lowest BCUT2D eigenvalue weighted by atomic mass is 10.1. The largest absolute Gasteiger partial charge is 0.493 e. The molecule has 4 nitrogen and oxygen atoms in total. The van der Waals surface area contributed by atoms with Crippen LogP contribution in [0.5, 0.6) is 11.5 Å². The fraction of sp³-hybridized carbons (Fsp3) is 0.211. The molecule has 1 amide bonds. The predicted octanol–water partition coefficient (Wildman–Crippen LogP) is 3.59. The molecule has 0 aliphatic carbocycles. The molecule has 120 valence electrons. The molecular formula is C19H21NO3. The Morgan fingerprint density at radius 2 is 1.74 bits per heavy atom. The van der Waals surface area contributed by atoms with Crippen LogP contribution in [0.1, 0.15) is 24.1 Å². The number of ether oxygens (including phenoxy) is 2. The lowest BCUT2D eigenvalue weighted by Gasteiger charge is -2.15. The van der Waals surface area contributed by atoms with Crippen molar-refractivity contribution in [2.45, 2.75) is 13.0 Å². The quantitative estimate of drug-likeness (QED) is 0.829. The van der Waals surface area contributed by atoms with Gasteiger partial charge in [0.25, 0.3) is 0 Å².